The summed E-state index contributed by atoms with van der Waals surface area (Å²) in [6, 6.07) is 10.0. The molecule has 0 heterocycles. The minimum atomic E-state index is 0. The minimum absolute atomic E-state index is 0. The minimum Gasteiger partial charge on any atom is -0.328 e. The smallest absolute Gasteiger partial charge is 0.137 e. The Labute approximate surface area is 103 Å². The van der Waals surface area contributed by atoms with Crippen molar-refractivity contribution in [1.29, 1.82) is 0 Å². The zero-order valence-corrected chi connectivity index (χ0v) is 12.3. The number of benzene rings is 1. The van der Waals surface area contributed by atoms with E-state index in [0.29, 0.717) is 4.32 Å². The fraction of sp³-hybridized carbons (Fsp3) is 0.222. The van der Waals surface area contributed by atoms with Gasteiger partial charge in [-0.2, -0.15) is 0 Å². The number of hydrogen-bond acceptors (Lipinski definition) is 1. The molecule has 0 aromatic heterocycles. The monoisotopic (exact) mass is 261 g/mol. The van der Waals surface area contributed by atoms with Crippen molar-refractivity contribution < 1.29 is 19.5 Å². The van der Waals surface area contributed by atoms with Gasteiger partial charge >= 0.3 is 0 Å². The van der Waals surface area contributed by atoms with E-state index in [1.54, 1.807) is 0 Å². The molecule has 0 N–H and O–H groups in total. The van der Waals surface area contributed by atoms with Gasteiger partial charge in [-0.25, -0.2) is 0 Å². The molecule has 0 radical (unpaired) electrons. The zero-order chi connectivity index (χ0) is 8.97. The van der Waals surface area contributed by atoms with Gasteiger partial charge in [-0.15, -0.1) is 12.6 Å². The molecular weight excluding hydrogens is 252 g/mol. The predicted molar refractivity (Wildman–Crippen MR) is 61.0 cm³/mol. The van der Waals surface area contributed by atoms with Gasteiger partial charge in [0.25, 0.3) is 0 Å². The van der Waals surface area contributed by atoms with Gasteiger partial charge in [-0.3, -0.25) is 0 Å². The summed E-state index contributed by atoms with van der Waals surface area (Å²) in [5, 5.41) is 0. The third-order valence-corrected chi connectivity index (χ3v) is 2.08. The molecule has 0 atom stereocenters. The molecule has 1 aromatic carbocycles. The van der Waals surface area contributed by atoms with Gasteiger partial charge in [0.15, 0.2) is 0 Å². The molecule has 0 saturated carbocycles. The molecule has 0 fully saturated rings. The van der Waals surface area contributed by atoms with Crippen molar-refractivity contribution in [2.75, 3.05) is 11.4 Å². The van der Waals surface area contributed by atoms with Crippen LogP contribution in [-0.2, 0) is 19.5 Å². The van der Waals surface area contributed by atoms with E-state index in [1.165, 1.54) is 0 Å². The van der Waals surface area contributed by atoms with Gasteiger partial charge in [0.1, 0.15) is 4.32 Å². The van der Waals surface area contributed by atoms with E-state index in [1.807, 2.05) is 35.2 Å². The van der Waals surface area contributed by atoms with Gasteiger partial charge in [0, 0.05) is 31.7 Å². The predicted octanol–water partition coefficient (Wildman–Crippen LogP) is 2.73. The molecule has 13 heavy (non-hydrogen) atoms. The molecule has 0 aliphatic rings. The van der Waals surface area contributed by atoms with Crippen LogP contribution in [0.25, 0.3) is 0 Å². The first-order chi connectivity index (χ1) is 5.75. The summed E-state index contributed by atoms with van der Waals surface area (Å²) in [7, 11) is 0. The van der Waals surface area contributed by atoms with Gasteiger partial charge in [-0.05, 0) is 19.1 Å². The Kier molecular flexibility index (Phi) is 6.57. The maximum Gasteiger partial charge on any atom is 0.137 e. The number of anilines is 1. The van der Waals surface area contributed by atoms with Gasteiger partial charge in [0.05, 0.1) is 0 Å². The zero-order valence-electron chi connectivity index (χ0n) is 7.60. The Bertz CT molecular complexity index is 264. The summed E-state index contributed by atoms with van der Waals surface area (Å²) < 4.78 is 0.615. The molecule has 0 unspecified atom stereocenters. The summed E-state index contributed by atoms with van der Waals surface area (Å²) in [6.07, 6.45) is 0. The van der Waals surface area contributed by atoms with Crippen molar-refractivity contribution in [2.45, 2.75) is 6.92 Å². The standard InChI is InChI=1S/C9H11NS2.Zn/c1-2-10(9(11)12)8-6-4-3-5-7-8;/h3-7H,2H2,1H3,(H,11,12);. The second-order valence-electron chi connectivity index (χ2n) is 2.36. The van der Waals surface area contributed by atoms with Crippen molar-refractivity contribution in [3.05, 3.63) is 30.3 Å². The number of hydrogen-bond donors (Lipinski definition) is 1. The Morgan fingerprint density at radius 1 is 1.38 bits per heavy atom. The number of para-hydroxylation sites is 1. The molecule has 1 nitrogen and oxygen atoms in total. The third-order valence-electron chi connectivity index (χ3n) is 1.61. The second kappa shape index (κ2) is 6.52. The third kappa shape index (κ3) is 3.76. The molecule has 0 saturated heterocycles. The van der Waals surface area contributed by atoms with Crippen molar-refractivity contribution in [2.24, 2.45) is 0 Å². The first kappa shape index (κ1) is 13.1. The molecule has 0 aliphatic heterocycles. The van der Waals surface area contributed by atoms with Crippen molar-refractivity contribution in [3.63, 3.8) is 0 Å². The van der Waals surface area contributed by atoms with E-state index < -0.39 is 0 Å². The quantitative estimate of drug-likeness (QED) is 0.496. The van der Waals surface area contributed by atoms with Crippen LogP contribution >= 0.6 is 24.8 Å². The Balaban J connectivity index is 0.00000144. The largest absolute Gasteiger partial charge is 0.328 e. The molecular formula is C9H11NS2Zn. The van der Waals surface area contributed by atoms with Crippen LogP contribution in [0.3, 0.4) is 0 Å². The molecule has 0 aliphatic carbocycles. The summed E-state index contributed by atoms with van der Waals surface area (Å²) in [5.74, 6) is 0. The summed E-state index contributed by atoms with van der Waals surface area (Å²) >= 11 is 9.13. The van der Waals surface area contributed by atoms with E-state index in [2.05, 4.69) is 19.6 Å². The maximum atomic E-state index is 4.99. The molecule has 66 valence electrons. The second-order valence-corrected chi connectivity index (χ2v) is 3.48. The van der Waals surface area contributed by atoms with E-state index >= 15 is 0 Å². The molecule has 1 aromatic rings. The van der Waals surface area contributed by atoms with Crippen LogP contribution < -0.4 is 4.90 Å². The molecule has 4 heteroatoms. The van der Waals surface area contributed by atoms with Crippen LogP contribution in [0.5, 0.6) is 0 Å². The number of nitrogens with zero attached hydrogens (tertiary/aromatic N) is 1. The summed E-state index contributed by atoms with van der Waals surface area (Å²) in [5.41, 5.74) is 1.10. The topological polar surface area (TPSA) is 3.24 Å². The van der Waals surface area contributed by atoms with E-state index in [9.17, 15) is 0 Å². The average molecular weight is 263 g/mol. The van der Waals surface area contributed by atoms with Crippen LogP contribution in [0, 0.1) is 0 Å². The fourth-order valence-corrected chi connectivity index (χ4v) is 1.53. The molecule has 0 amide bonds. The van der Waals surface area contributed by atoms with E-state index in [4.69, 9.17) is 12.2 Å². The van der Waals surface area contributed by atoms with Gasteiger partial charge in [0.2, 0.25) is 0 Å². The first-order valence-corrected chi connectivity index (χ1v) is 4.66. The Hall–Kier alpha value is 0.0834. The van der Waals surface area contributed by atoms with Crippen LogP contribution in [0.4, 0.5) is 5.69 Å². The van der Waals surface area contributed by atoms with Gasteiger partial charge < -0.3 is 4.90 Å². The number of rotatable bonds is 2. The van der Waals surface area contributed by atoms with E-state index in [0.717, 1.165) is 12.2 Å². The maximum absolute atomic E-state index is 4.99. The van der Waals surface area contributed by atoms with Crippen molar-refractivity contribution in [1.82, 2.24) is 0 Å². The van der Waals surface area contributed by atoms with Crippen molar-refractivity contribution >= 4 is 34.9 Å². The van der Waals surface area contributed by atoms with Crippen LogP contribution in [-0.4, -0.2) is 10.9 Å². The molecule has 0 spiro atoms. The molecule has 1 rings (SSSR count). The van der Waals surface area contributed by atoms with Gasteiger partial charge in [-0.1, -0.05) is 30.4 Å². The normalized spacial score (nSPS) is 8.77. The first-order valence-electron chi connectivity index (χ1n) is 3.81. The van der Waals surface area contributed by atoms with E-state index in [-0.39, 0.29) is 19.5 Å². The summed E-state index contributed by atoms with van der Waals surface area (Å²) in [6.45, 7) is 2.90. The van der Waals surface area contributed by atoms with Crippen molar-refractivity contribution in [3.8, 4) is 0 Å². The molecule has 0 bridgehead atoms. The van der Waals surface area contributed by atoms with Crippen LogP contribution in [0.1, 0.15) is 6.92 Å². The van der Waals surface area contributed by atoms with Crippen LogP contribution in [0.2, 0.25) is 0 Å². The Morgan fingerprint density at radius 3 is 2.31 bits per heavy atom. The van der Waals surface area contributed by atoms with Crippen LogP contribution in [0.15, 0.2) is 30.3 Å². The average Bonchev–Trinajstić information content (AvgIpc) is 2.07. The Morgan fingerprint density at radius 2 is 1.92 bits per heavy atom. The summed E-state index contributed by atoms with van der Waals surface area (Å²) in [4.78, 5) is 1.97. The SMILES string of the molecule is CCN(C(=S)S)c1ccccc1.[Zn]. The fourth-order valence-electron chi connectivity index (χ4n) is 1.04. The number of thiocarbonyl (C=S) groups is 1. The number of thiol groups is 1.